The number of fused-ring (bicyclic) bond motifs is 3. The minimum absolute atomic E-state index is 0.0315. The van der Waals surface area contributed by atoms with Crippen molar-refractivity contribution in [2.75, 3.05) is 23.8 Å². The maximum Gasteiger partial charge on any atom is 0.323 e. The van der Waals surface area contributed by atoms with Gasteiger partial charge in [-0.2, -0.15) is 0 Å². The van der Waals surface area contributed by atoms with Crippen LogP contribution in [0.3, 0.4) is 0 Å². The minimum Gasteiger partial charge on any atom is -0.487 e. The van der Waals surface area contributed by atoms with Gasteiger partial charge in [-0.3, -0.25) is 4.98 Å². The van der Waals surface area contributed by atoms with Gasteiger partial charge in [0.05, 0.1) is 17.0 Å². The first kappa shape index (κ1) is 24.5. The topological polar surface area (TPSA) is 90.9 Å². The number of anilines is 2. The fourth-order valence-corrected chi connectivity index (χ4v) is 4.07. The molecule has 0 atom stereocenters. The predicted molar refractivity (Wildman–Crippen MR) is 144 cm³/mol. The highest BCUT2D eigenvalue weighted by Gasteiger charge is 2.25. The van der Waals surface area contributed by atoms with Gasteiger partial charge in [-0.15, -0.1) is 0 Å². The molecule has 1 aromatic heterocycles. The lowest BCUT2D eigenvalue weighted by Crippen LogP contribution is -2.19. The van der Waals surface area contributed by atoms with Gasteiger partial charge in [-0.05, 0) is 74.9 Å². The number of amides is 2. The molecular weight excluding hydrogens is 494 g/mol. The van der Waals surface area contributed by atoms with Crippen molar-refractivity contribution in [3.8, 4) is 28.7 Å². The molecule has 0 radical (unpaired) electrons. The van der Waals surface area contributed by atoms with Crippen LogP contribution in [-0.2, 0) is 0 Å². The van der Waals surface area contributed by atoms with Gasteiger partial charge in [0, 0.05) is 28.7 Å². The lowest BCUT2D eigenvalue weighted by atomic mass is 10.1. The van der Waals surface area contributed by atoms with E-state index >= 15 is 0 Å². The number of halogens is 1. The van der Waals surface area contributed by atoms with Gasteiger partial charge in [-0.1, -0.05) is 11.6 Å². The van der Waals surface area contributed by atoms with E-state index in [2.05, 4.69) is 15.6 Å². The standard InChI is InChI=1S/C28H26ClN3O5/c1-16(2)36-24-15-22-25(27-26(24)34-12-13-35-27)23(10-11-30-22)37-20-7-4-18(5-8-20)31-28(33)32-19-6-9-21(29)17(3)14-19/h4-11,14-16H,12-13H2,1-3H3,(H2,31,32,33). The average Bonchev–Trinajstić information content (AvgIpc) is 2.87. The number of carbonyl (C=O) groups is 1. The molecule has 5 rings (SSSR count). The minimum atomic E-state index is -0.362. The van der Waals surface area contributed by atoms with E-state index in [1.165, 1.54) is 0 Å². The van der Waals surface area contributed by atoms with E-state index in [1.807, 2.05) is 32.9 Å². The summed E-state index contributed by atoms with van der Waals surface area (Å²) in [6.07, 6.45) is 1.64. The van der Waals surface area contributed by atoms with Crippen molar-refractivity contribution in [3.63, 3.8) is 0 Å². The first-order valence-electron chi connectivity index (χ1n) is 11.9. The zero-order valence-electron chi connectivity index (χ0n) is 20.6. The fraction of sp³-hybridized carbons (Fsp3) is 0.214. The number of aryl methyl sites for hydroxylation is 1. The second-order valence-corrected chi connectivity index (χ2v) is 9.18. The maximum atomic E-state index is 12.4. The van der Waals surface area contributed by atoms with Crippen LogP contribution in [0, 0.1) is 6.92 Å². The fourth-order valence-electron chi connectivity index (χ4n) is 3.95. The van der Waals surface area contributed by atoms with E-state index in [0.29, 0.717) is 69.3 Å². The molecule has 2 N–H and O–H groups in total. The second-order valence-electron chi connectivity index (χ2n) is 8.77. The highest BCUT2D eigenvalue weighted by molar-refractivity contribution is 6.31. The van der Waals surface area contributed by atoms with Gasteiger partial charge in [-0.25, -0.2) is 4.79 Å². The van der Waals surface area contributed by atoms with Crippen LogP contribution in [0.2, 0.25) is 5.02 Å². The Balaban J connectivity index is 1.34. The van der Waals surface area contributed by atoms with Crippen molar-refractivity contribution in [2.24, 2.45) is 0 Å². The molecule has 0 saturated heterocycles. The summed E-state index contributed by atoms with van der Waals surface area (Å²) in [5.74, 6) is 2.84. The summed E-state index contributed by atoms with van der Waals surface area (Å²) >= 11 is 6.05. The smallest absolute Gasteiger partial charge is 0.323 e. The number of carbonyl (C=O) groups excluding carboxylic acids is 1. The summed E-state index contributed by atoms with van der Waals surface area (Å²) in [5, 5.41) is 6.95. The Morgan fingerprint density at radius 3 is 2.38 bits per heavy atom. The monoisotopic (exact) mass is 519 g/mol. The molecule has 0 bridgehead atoms. The number of rotatable bonds is 6. The Morgan fingerprint density at radius 2 is 1.65 bits per heavy atom. The predicted octanol–water partition coefficient (Wildman–Crippen LogP) is 7.19. The Kier molecular flexibility index (Phi) is 6.92. The SMILES string of the molecule is Cc1cc(NC(=O)Nc2ccc(Oc3ccnc4cc(OC(C)C)c5c(c34)OCCO5)cc2)ccc1Cl. The highest BCUT2D eigenvalue weighted by atomic mass is 35.5. The van der Waals surface area contributed by atoms with E-state index in [4.69, 9.17) is 30.5 Å². The number of hydrogen-bond acceptors (Lipinski definition) is 6. The molecule has 1 aliphatic rings. The van der Waals surface area contributed by atoms with Crippen LogP contribution in [0.15, 0.2) is 60.8 Å². The molecule has 37 heavy (non-hydrogen) atoms. The highest BCUT2D eigenvalue weighted by Crippen LogP contribution is 2.48. The molecule has 2 heterocycles. The lowest BCUT2D eigenvalue weighted by molar-refractivity contribution is 0.157. The van der Waals surface area contributed by atoms with Crippen LogP contribution < -0.4 is 29.6 Å². The van der Waals surface area contributed by atoms with Crippen LogP contribution in [0.25, 0.3) is 10.9 Å². The number of hydrogen-bond donors (Lipinski definition) is 2. The van der Waals surface area contributed by atoms with E-state index in [9.17, 15) is 4.79 Å². The van der Waals surface area contributed by atoms with Gasteiger partial charge >= 0.3 is 6.03 Å². The van der Waals surface area contributed by atoms with Crippen LogP contribution >= 0.6 is 11.6 Å². The van der Waals surface area contributed by atoms with Crippen LogP contribution in [0.4, 0.5) is 16.2 Å². The summed E-state index contributed by atoms with van der Waals surface area (Å²) in [5.41, 5.74) is 2.82. The van der Waals surface area contributed by atoms with Crippen molar-refractivity contribution < 1.29 is 23.7 Å². The van der Waals surface area contributed by atoms with Crippen LogP contribution in [0.5, 0.6) is 28.7 Å². The lowest BCUT2D eigenvalue weighted by Gasteiger charge is -2.24. The number of benzene rings is 3. The molecule has 190 valence electrons. The Hall–Kier alpha value is -4.17. The van der Waals surface area contributed by atoms with Gasteiger partial charge in [0.2, 0.25) is 5.75 Å². The van der Waals surface area contributed by atoms with E-state index in [1.54, 1.807) is 48.7 Å². The van der Waals surface area contributed by atoms with Crippen molar-refractivity contribution in [3.05, 3.63) is 71.4 Å². The summed E-state index contributed by atoms with van der Waals surface area (Å²) < 4.78 is 24.0. The van der Waals surface area contributed by atoms with E-state index in [-0.39, 0.29) is 12.1 Å². The molecule has 0 aliphatic carbocycles. The molecule has 0 unspecified atom stereocenters. The first-order chi connectivity index (χ1) is 17.9. The molecular formula is C28H26ClN3O5. The molecule has 4 aromatic rings. The van der Waals surface area contributed by atoms with Gasteiger partial charge in [0.15, 0.2) is 11.5 Å². The Morgan fingerprint density at radius 1 is 0.946 bits per heavy atom. The first-order valence-corrected chi connectivity index (χ1v) is 12.3. The maximum absolute atomic E-state index is 12.4. The number of nitrogens with one attached hydrogen (secondary N) is 2. The van der Waals surface area contributed by atoms with Crippen molar-refractivity contribution in [1.29, 1.82) is 0 Å². The third kappa shape index (κ3) is 5.49. The molecule has 9 heteroatoms. The van der Waals surface area contributed by atoms with Crippen LogP contribution in [0.1, 0.15) is 19.4 Å². The summed E-state index contributed by atoms with van der Waals surface area (Å²) in [7, 11) is 0. The third-order valence-electron chi connectivity index (χ3n) is 5.56. The third-order valence-corrected chi connectivity index (χ3v) is 5.99. The molecule has 3 aromatic carbocycles. The van der Waals surface area contributed by atoms with Crippen molar-refractivity contribution in [1.82, 2.24) is 4.98 Å². The zero-order chi connectivity index (χ0) is 25.9. The number of aromatic nitrogens is 1. The normalized spacial score (nSPS) is 12.4. The molecule has 1 aliphatic heterocycles. The average molecular weight is 520 g/mol. The number of urea groups is 1. The van der Waals surface area contributed by atoms with Gasteiger partial charge in [0.25, 0.3) is 0 Å². The molecule has 0 fully saturated rings. The summed E-state index contributed by atoms with van der Waals surface area (Å²) in [6, 6.07) is 15.6. The van der Waals surface area contributed by atoms with Gasteiger partial charge < -0.3 is 29.6 Å². The largest absolute Gasteiger partial charge is 0.487 e. The van der Waals surface area contributed by atoms with Gasteiger partial charge in [0.1, 0.15) is 24.7 Å². The van der Waals surface area contributed by atoms with Crippen LogP contribution in [-0.4, -0.2) is 30.3 Å². The Labute approximate surface area is 219 Å². The zero-order valence-corrected chi connectivity index (χ0v) is 21.4. The van der Waals surface area contributed by atoms with E-state index in [0.717, 1.165) is 5.56 Å². The van der Waals surface area contributed by atoms with Crippen molar-refractivity contribution in [2.45, 2.75) is 26.9 Å². The second kappa shape index (κ2) is 10.4. The molecule has 0 spiro atoms. The summed E-state index contributed by atoms with van der Waals surface area (Å²) in [4.78, 5) is 16.9. The Bertz CT molecular complexity index is 1460. The molecule has 8 nitrogen and oxygen atoms in total. The van der Waals surface area contributed by atoms with Crippen molar-refractivity contribution >= 4 is 39.9 Å². The summed E-state index contributed by atoms with van der Waals surface area (Å²) in [6.45, 7) is 6.63. The number of nitrogens with zero attached hydrogens (tertiary/aromatic N) is 1. The molecule has 2 amide bonds. The van der Waals surface area contributed by atoms with E-state index < -0.39 is 0 Å². The molecule has 0 saturated carbocycles. The number of pyridine rings is 1. The quantitative estimate of drug-likeness (QED) is 0.280. The number of ether oxygens (including phenoxy) is 4.